The third-order valence-corrected chi connectivity index (χ3v) is 6.73. The molecule has 178 valence electrons. The van der Waals surface area contributed by atoms with E-state index in [0.29, 0.717) is 35.2 Å². The average Bonchev–Trinajstić information content (AvgIpc) is 2.77. The number of hydrogen-bond acceptors (Lipinski definition) is 2. The molecule has 0 aliphatic carbocycles. The van der Waals surface area contributed by atoms with Crippen LogP contribution in [0.3, 0.4) is 0 Å². The Morgan fingerprint density at radius 2 is 1.41 bits per heavy atom. The number of amides is 1. The summed E-state index contributed by atoms with van der Waals surface area (Å²) in [6, 6.07) is 18.7. The Kier molecular flexibility index (Phi) is 7.87. The van der Waals surface area contributed by atoms with E-state index in [1.165, 1.54) is 12.1 Å². The van der Waals surface area contributed by atoms with Gasteiger partial charge in [0.05, 0.1) is 12.0 Å². The van der Waals surface area contributed by atoms with Crippen molar-refractivity contribution in [2.45, 2.75) is 25.3 Å². The predicted octanol–water partition coefficient (Wildman–Crippen LogP) is 6.60. The number of nitrogens with one attached hydrogen (secondary N) is 1. The zero-order valence-corrected chi connectivity index (χ0v) is 20.3. The van der Waals surface area contributed by atoms with E-state index in [2.05, 4.69) is 10.2 Å². The van der Waals surface area contributed by atoms with Crippen LogP contribution >= 0.6 is 23.2 Å². The molecule has 0 spiro atoms. The summed E-state index contributed by atoms with van der Waals surface area (Å²) in [5.41, 5.74) is 2.49. The lowest BCUT2D eigenvalue weighted by atomic mass is 9.78. The van der Waals surface area contributed by atoms with Crippen molar-refractivity contribution in [3.05, 3.63) is 105 Å². The summed E-state index contributed by atoms with van der Waals surface area (Å²) in [5, 5.41) is 4.21. The molecule has 0 radical (unpaired) electrons. The SMILES string of the molecule is CCCNC(=O)[C@H](c1cc(F)cc(F)c1)C1CN(C(c2ccc(Cl)cc2)c2ccc(Cl)cc2)C1. The second-order valence-corrected chi connectivity index (χ2v) is 9.56. The number of carbonyl (C=O) groups is 1. The van der Waals surface area contributed by atoms with Crippen LogP contribution in [-0.4, -0.2) is 30.4 Å². The largest absolute Gasteiger partial charge is 0.356 e. The maximum Gasteiger partial charge on any atom is 0.227 e. The molecule has 0 saturated carbocycles. The van der Waals surface area contributed by atoms with Crippen LogP contribution in [0.5, 0.6) is 0 Å². The summed E-state index contributed by atoms with van der Waals surface area (Å²) in [4.78, 5) is 15.3. The van der Waals surface area contributed by atoms with E-state index in [-0.39, 0.29) is 17.9 Å². The molecule has 1 heterocycles. The van der Waals surface area contributed by atoms with Gasteiger partial charge in [0, 0.05) is 41.7 Å². The van der Waals surface area contributed by atoms with Crippen LogP contribution in [0.1, 0.15) is 42.0 Å². The van der Waals surface area contributed by atoms with Crippen LogP contribution in [0.25, 0.3) is 0 Å². The summed E-state index contributed by atoms with van der Waals surface area (Å²) in [6.45, 7) is 3.67. The highest BCUT2D eigenvalue weighted by molar-refractivity contribution is 6.30. The van der Waals surface area contributed by atoms with Crippen LogP contribution in [0.15, 0.2) is 66.7 Å². The third kappa shape index (κ3) is 5.60. The summed E-state index contributed by atoms with van der Waals surface area (Å²) in [5.74, 6) is -2.28. The van der Waals surface area contributed by atoms with Gasteiger partial charge < -0.3 is 5.32 Å². The van der Waals surface area contributed by atoms with Gasteiger partial charge in [-0.05, 0) is 59.5 Å². The average molecular weight is 503 g/mol. The molecule has 7 heteroatoms. The molecule has 1 aliphatic rings. The Morgan fingerprint density at radius 1 is 0.912 bits per heavy atom. The maximum atomic E-state index is 14.0. The van der Waals surface area contributed by atoms with Crippen molar-refractivity contribution in [1.82, 2.24) is 10.2 Å². The molecule has 3 nitrogen and oxygen atoms in total. The van der Waals surface area contributed by atoms with Crippen molar-refractivity contribution in [1.29, 1.82) is 0 Å². The van der Waals surface area contributed by atoms with Gasteiger partial charge in [-0.3, -0.25) is 9.69 Å². The molecule has 0 unspecified atom stereocenters. The number of carbonyl (C=O) groups excluding carboxylic acids is 1. The highest BCUT2D eigenvalue weighted by Gasteiger charge is 2.42. The molecular formula is C27H26Cl2F2N2O. The summed E-state index contributed by atoms with van der Waals surface area (Å²) in [6.07, 6.45) is 0.780. The Bertz CT molecular complexity index is 1070. The Morgan fingerprint density at radius 3 is 1.88 bits per heavy atom. The first kappa shape index (κ1) is 24.6. The van der Waals surface area contributed by atoms with Gasteiger partial charge in [-0.25, -0.2) is 8.78 Å². The minimum Gasteiger partial charge on any atom is -0.356 e. The second-order valence-electron chi connectivity index (χ2n) is 8.69. The number of hydrogen-bond donors (Lipinski definition) is 1. The Labute approximate surface area is 208 Å². The second kappa shape index (κ2) is 10.9. The fraction of sp³-hybridized carbons (Fsp3) is 0.296. The molecule has 1 N–H and O–H groups in total. The van der Waals surface area contributed by atoms with Gasteiger partial charge in [0.25, 0.3) is 0 Å². The topological polar surface area (TPSA) is 32.3 Å². The van der Waals surface area contributed by atoms with Gasteiger partial charge in [-0.1, -0.05) is 54.4 Å². The van der Waals surface area contributed by atoms with Crippen LogP contribution in [0.2, 0.25) is 10.0 Å². The number of benzene rings is 3. The molecule has 1 aliphatic heterocycles. The number of nitrogens with zero attached hydrogens (tertiary/aromatic N) is 1. The quantitative estimate of drug-likeness (QED) is 0.376. The van der Waals surface area contributed by atoms with Crippen LogP contribution in [0.4, 0.5) is 8.78 Å². The molecule has 1 saturated heterocycles. The predicted molar refractivity (Wildman–Crippen MR) is 132 cm³/mol. The van der Waals surface area contributed by atoms with E-state index in [0.717, 1.165) is 23.6 Å². The fourth-order valence-electron chi connectivity index (χ4n) is 4.63. The molecule has 1 amide bonds. The minimum absolute atomic E-state index is 0.0608. The van der Waals surface area contributed by atoms with Crippen molar-refractivity contribution >= 4 is 29.1 Å². The number of rotatable bonds is 8. The van der Waals surface area contributed by atoms with Crippen LogP contribution < -0.4 is 5.32 Å². The van der Waals surface area contributed by atoms with E-state index >= 15 is 0 Å². The Balaban J connectivity index is 1.61. The zero-order valence-electron chi connectivity index (χ0n) is 18.8. The first-order valence-corrected chi connectivity index (χ1v) is 12.1. The molecule has 34 heavy (non-hydrogen) atoms. The zero-order chi connectivity index (χ0) is 24.2. The van der Waals surface area contributed by atoms with Gasteiger partial charge in [0.15, 0.2) is 0 Å². The van der Waals surface area contributed by atoms with Gasteiger partial charge in [-0.15, -0.1) is 0 Å². The highest BCUT2D eigenvalue weighted by atomic mass is 35.5. The molecule has 4 rings (SSSR count). The first-order valence-electron chi connectivity index (χ1n) is 11.3. The molecule has 3 aromatic carbocycles. The van der Waals surface area contributed by atoms with Gasteiger partial charge in [-0.2, -0.15) is 0 Å². The van der Waals surface area contributed by atoms with Crippen LogP contribution in [-0.2, 0) is 4.79 Å². The van der Waals surface area contributed by atoms with E-state index < -0.39 is 17.6 Å². The monoisotopic (exact) mass is 502 g/mol. The standard InChI is InChI=1S/C27H26Cl2F2N2O/c1-2-11-32-27(34)25(19-12-23(30)14-24(31)13-19)20-15-33(16-20)26(17-3-7-21(28)8-4-17)18-5-9-22(29)10-6-18/h3-10,12-14,20,25-26H,2,11,15-16H2,1H3,(H,32,34)/t25-/m1/s1. The van der Waals surface area contributed by atoms with Crippen molar-refractivity contribution in [3.63, 3.8) is 0 Å². The van der Waals surface area contributed by atoms with Crippen molar-refractivity contribution in [2.75, 3.05) is 19.6 Å². The first-order chi connectivity index (χ1) is 16.4. The van der Waals surface area contributed by atoms with Crippen molar-refractivity contribution < 1.29 is 13.6 Å². The number of halogens is 4. The minimum atomic E-state index is -0.681. The van der Waals surface area contributed by atoms with Crippen molar-refractivity contribution in [3.8, 4) is 0 Å². The van der Waals surface area contributed by atoms with Gasteiger partial charge in [0.2, 0.25) is 5.91 Å². The van der Waals surface area contributed by atoms with Crippen molar-refractivity contribution in [2.24, 2.45) is 5.92 Å². The normalized spacial score (nSPS) is 15.2. The Hall–Kier alpha value is -2.47. The summed E-state index contributed by atoms with van der Waals surface area (Å²) < 4.78 is 28.0. The van der Waals surface area contributed by atoms with E-state index in [9.17, 15) is 13.6 Å². The fourth-order valence-corrected chi connectivity index (χ4v) is 4.88. The lowest BCUT2D eigenvalue weighted by molar-refractivity contribution is -0.125. The molecule has 1 atom stereocenters. The third-order valence-electron chi connectivity index (χ3n) is 6.22. The summed E-state index contributed by atoms with van der Waals surface area (Å²) in [7, 11) is 0. The molecule has 3 aromatic rings. The van der Waals surface area contributed by atoms with Gasteiger partial charge in [0.1, 0.15) is 11.6 Å². The van der Waals surface area contributed by atoms with E-state index in [1.54, 1.807) is 0 Å². The lowest BCUT2D eigenvalue weighted by Crippen LogP contribution is -2.53. The smallest absolute Gasteiger partial charge is 0.227 e. The van der Waals surface area contributed by atoms with E-state index in [4.69, 9.17) is 23.2 Å². The molecule has 0 bridgehead atoms. The lowest BCUT2D eigenvalue weighted by Gasteiger charge is -2.47. The molecule has 1 fully saturated rings. The highest BCUT2D eigenvalue weighted by Crippen LogP contribution is 2.40. The van der Waals surface area contributed by atoms with Crippen LogP contribution in [0, 0.1) is 17.6 Å². The number of likely N-dealkylation sites (tertiary alicyclic amines) is 1. The maximum absolute atomic E-state index is 14.0. The summed E-state index contributed by atoms with van der Waals surface area (Å²) >= 11 is 12.2. The molecule has 0 aromatic heterocycles. The van der Waals surface area contributed by atoms with Gasteiger partial charge >= 0.3 is 0 Å². The molecular weight excluding hydrogens is 477 g/mol. The van der Waals surface area contributed by atoms with E-state index in [1.807, 2.05) is 55.5 Å².